The fraction of sp³-hybridized carbons (Fsp3) is 0.944. The third kappa shape index (κ3) is 9.39. The number of carboxylic acid groups (broad SMARTS) is 1. The van der Waals surface area contributed by atoms with Crippen molar-refractivity contribution in [3.05, 3.63) is 0 Å². The van der Waals surface area contributed by atoms with Crippen LogP contribution in [0.25, 0.3) is 0 Å². The summed E-state index contributed by atoms with van der Waals surface area (Å²) in [4.78, 5) is 11.5. The molecule has 20 heavy (non-hydrogen) atoms. The number of carbonyl (C=O) groups is 1. The first-order chi connectivity index (χ1) is 8.82. The van der Waals surface area contributed by atoms with Gasteiger partial charge in [0.2, 0.25) is 0 Å². The molecule has 0 amide bonds. The monoisotopic (exact) mass is 284 g/mol. The predicted molar refractivity (Wildman–Crippen MR) is 86.8 cm³/mol. The molecule has 0 unspecified atom stereocenters. The fourth-order valence-corrected chi connectivity index (χ4v) is 3.37. The Kier molecular flexibility index (Phi) is 7.27. The second kappa shape index (κ2) is 7.47. The number of aliphatic carboxylic acids is 1. The SMILES string of the molecule is C[C@@H](CC[C@@H](C(=O)O)[C@@H](C)CC(C)(C)C)CC(C)(C)C. The summed E-state index contributed by atoms with van der Waals surface area (Å²) in [7, 11) is 0. The average molecular weight is 284 g/mol. The lowest BCUT2D eigenvalue weighted by molar-refractivity contribution is -0.144. The first-order valence-electron chi connectivity index (χ1n) is 8.04. The summed E-state index contributed by atoms with van der Waals surface area (Å²) in [6, 6.07) is 0. The molecule has 0 saturated heterocycles. The van der Waals surface area contributed by atoms with Crippen LogP contribution in [0, 0.1) is 28.6 Å². The highest BCUT2D eigenvalue weighted by Crippen LogP contribution is 2.33. The van der Waals surface area contributed by atoms with Gasteiger partial charge in [-0.2, -0.15) is 0 Å². The maximum absolute atomic E-state index is 11.5. The van der Waals surface area contributed by atoms with Crippen molar-refractivity contribution in [2.75, 3.05) is 0 Å². The van der Waals surface area contributed by atoms with E-state index in [0.717, 1.165) is 25.7 Å². The second-order valence-corrected chi connectivity index (χ2v) is 9.13. The lowest BCUT2D eigenvalue weighted by Gasteiger charge is -2.29. The minimum Gasteiger partial charge on any atom is -0.481 e. The molecule has 0 aliphatic rings. The largest absolute Gasteiger partial charge is 0.481 e. The molecule has 0 aromatic carbocycles. The standard InChI is InChI=1S/C18H36O2/c1-13(11-17(3,4)5)9-10-15(16(19)20)14(2)12-18(6,7)8/h13-15H,9-12H2,1-8H3,(H,19,20)/t13-,14-,15+/m0/s1. The molecule has 0 rings (SSSR count). The Morgan fingerprint density at radius 2 is 1.35 bits per heavy atom. The van der Waals surface area contributed by atoms with Gasteiger partial charge in [0.1, 0.15) is 0 Å². The summed E-state index contributed by atoms with van der Waals surface area (Å²) in [6.45, 7) is 17.7. The molecule has 0 radical (unpaired) electrons. The van der Waals surface area contributed by atoms with Crippen LogP contribution in [0.15, 0.2) is 0 Å². The molecule has 3 atom stereocenters. The molecule has 0 aromatic rings. The zero-order chi connectivity index (χ0) is 16.1. The topological polar surface area (TPSA) is 37.3 Å². The lowest BCUT2D eigenvalue weighted by Crippen LogP contribution is -2.26. The normalized spacial score (nSPS) is 17.6. The zero-order valence-electron chi connectivity index (χ0n) is 14.9. The molecule has 0 fully saturated rings. The molecule has 0 aliphatic carbocycles. The summed E-state index contributed by atoms with van der Waals surface area (Å²) in [6.07, 6.45) is 3.96. The van der Waals surface area contributed by atoms with Gasteiger partial charge in [-0.1, -0.05) is 55.4 Å². The van der Waals surface area contributed by atoms with E-state index in [1.807, 2.05) is 0 Å². The van der Waals surface area contributed by atoms with E-state index in [9.17, 15) is 9.90 Å². The molecule has 0 aliphatic heterocycles. The third-order valence-corrected chi connectivity index (χ3v) is 3.87. The molecule has 0 saturated carbocycles. The Hall–Kier alpha value is -0.530. The number of rotatable bonds is 7. The molecule has 0 aromatic heterocycles. The van der Waals surface area contributed by atoms with E-state index >= 15 is 0 Å². The van der Waals surface area contributed by atoms with Gasteiger partial charge in [0.15, 0.2) is 0 Å². The summed E-state index contributed by atoms with van der Waals surface area (Å²) in [5, 5.41) is 9.49. The minimum atomic E-state index is -0.621. The van der Waals surface area contributed by atoms with Crippen molar-refractivity contribution < 1.29 is 9.90 Å². The Morgan fingerprint density at radius 3 is 1.70 bits per heavy atom. The van der Waals surface area contributed by atoms with Gasteiger partial charge in [0.25, 0.3) is 0 Å². The van der Waals surface area contributed by atoms with E-state index in [4.69, 9.17) is 0 Å². The van der Waals surface area contributed by atoms with Crippen LogP contribution in [0.2, 0.25) is 0 Å². The smallest absolute Gasteiger partial charge is 0.306 e. The van der Waals surface area contributed by atoms with Crippen molar-refractivity contribution in [1.29, 1.82) is 0 Å². The van der Waals surface area contributed by atoms with Crippen LogP contribution < -0.4 is 0 Å². The molecular weight excluding hydrogens is 248 g/mol. The second-order valence-electron chi connectivity index (χ2n) is 9.13. The van der Waals surface area contributed by atoms with Crippen molar-refractivity contribution in [3.8, 4) is 0 Å². The van der Waals surface area contributed by atoms with E-state index in [1.54, 1.807) is 0 Å². The zero-order valence-corrected chi connectivity index (χ0v) is 14.9. The molecule has 1 N–H and O–H groups in total. The third-order valence-electron chi connectivity index (χ3n) is 3.87. The predicted octanol–water partition coefficient (Wildman–Crippen LogP) is 5.61. The van der Waals surface area contributed by atoms with Crippen LogP contribution in [-0.4, -0.2) is 11.1 Å². The Labute approximate surface area is 126 Å². The van der Waals surface area contributed by atoms with Crippen molar-refractivity contribution in [2.24, 2.45) is 28.6 Å². The van der Waals surface area contributed by atoms with Gasteiger partial charge in [-0.15, -0.1) is 0 Å². The number of carboxylic acids is 1. The summed E-state index contributed by atoms with van der Waals surface area (Å²) < 4.78 is 0. The van der Waals surface area contributed by atoms with E-state index < -0.39 is 5.97 Å². The van der Waals surface area contributed by atoms with Crippen molar-refractivity contribution in [2.45, 2.75) is 81.1 Å². The van der Waals surface area contributed by atoms with Gasteiger partial charge >= 0.3 is 5.97 Å². The van der Waals surface area contributed by atoms with Crippen LogP contribution >= 0.6 is 0 Å². The Balaban J connectivity index is 4.46. The van der Waals surface area contributed by atoms with Gasteiger partial charge < -0.3 is 5.11 Å². The Morgan fingerprint density at radius 1 is 0.900 bits per heavy atom. The van der Waals surface area contributed by atoms with E-state index in [2.05, 4.69) is 55.4 Å². The van der Waals surface area contributed by atoms with Crippen molar-refractivity contribution >= 4 is 5.97 Å². The molecule has 120 valence electrons. The van der Waals surface area contributed by atoms with Crippen molar-refractivity contribution in [3.63, 3.8) is 0 Å². The highest BCUT2D eigenvalue weighted by Gasteiger charge is 2.28. The van der Waals surface area contributed by atoms with Crippen LogP contribution in [-0.2, 0) is 4.79 Å². The van der Waals surface area contributed by atoms with Crippen LogP contribution in [0.1, 0.15) is 81.1 Å². The lowest BCUT2D eigenvalue weighted by atomic mass is 9.76. The summed E-state index contributed by atoms with van der Waals surface area (Å²) in [5.41, 5.74) is 0.527. The first kappa shape index (κ1) is 19.5. The Bertz CT molecular complexity index is 294. The quantitative estimate of drug-likeness (QED) is 0.659. The van der Waals surface area contributed by atoms with Gasteiger partial charge in [-0.05, 0) is 48.3 Å². The van der Waals surface area contributed by atoms with E-state index in [1.165, 1.54) is 0 Å². The maximum atomic E-state index is 11.5. The molecule has 0 bridgehead atoms. The molecule has 0 heterocycles. The van der Waals surface area contributed by atoms with Gasteiger partial charge in [0, 0.05) is 0 Å². The van der Waals surface area contributed by atoms with Gasteiger partial charge in [0.05, 0.1) is 5.92 Å². The highest BCUT2D eigenvalue weighted by molar-refractivity contribution is 5.70. The van der Waals surface area contributed by atoms with Gasteiger partial charge in [-0.3, -0.25) is 4.79 Å². The van der Waals surface area contributed by atoms with E-state index in [0.29, 0.717) is 11.3 Å². The molecular formula is C18H36O2. The van der Waals surface area contributed by atoms with Crippen LogP contribution in [0.3, 0.4) is 0 Å². The minimum absolute atomic E-state index is 0.198. The van der Waals surface area contributed by atoms with Crippen LogP contribution in [0.4, 0.5) is 0 Å². The maximum Gasteiger partial charge on any atom is 0.306 e. The number of hydrogen-bond donors (Lipinski definition) is 1. The van der Waals surface area contributed by atoms with Crippen LogP contribution in [0.5, 0.6) is 0 Å². The van der Waals surface area contributed by atoms with E-state index in [-0.39, 0.29) is 17.3 Å². The molecule has 0 spiro atoms. The summed E-state index contributed by atoms with van der Waals surface area (Å²) in [5.74, 6) is 0.0226. The van der Waals surface area contributed by atoms with Crippen molar-refractivity contribution in [1.82, 2.24) is 0 Å². The average Bonchev–Trinajstić information content (AvgIpc) is 2.10. The summed E-state index contributed by atoms with van der Waals surface area (Å²) >= 11 is 0. The highest BCUT2D eigenvalue weighted by atomic mass is 16.4. The molecule has 2 heteroatoms. The number of hydrogen-bond acceptors (Lipinski definition) is 1. The molecule has 2 nitrogen and oxygen atoms in total. The van der Waals surface area contributed by atoms with Gasteiger partial charge in [-0.25, -0.2) is 0 Å². The fourth-order valence-electron chi connectivity index (χ4n) is 3.37. The first-order valence-corrected chi connectivity index (χ1v) is 8.04.